The Kier molecular flexibility index (Phi) is 3.59. The molecule has 2 rings (SSSR count). The summed E-state index contributed by atoms with van der Waals surface area (Å²) < 4.78 is 40.0. The van der Waals surface area contributed by atoms with Crippen molar-refractivity contribution in [2.75, 3.05) is 0 Å². The third-order valence-electron chi connectivity index (χ3n) is 2.53. The minimum absolute atomic E-state index is 0.197. The summed E-state index contributed by atoms with van der Waals surface area (Å²) in [5.74, 6) is -3.05. The fraction of sp³-hybridized carbons (Fsp3) is 0.0769. The predicted octanol–water partition coefficient (Wildman–Crippen LogP) is 3.84. The Bertz CT molecular complexity index is 584. The molecule has 0 fully saturated rings. The molecule has 0 saturated heterocycles. The lowest BCUT2D eigenvalue weighted by atomic mass is 10.0. The molecule has 5 heteroatoms. The summed E-state index contributed by atoms with van der Waals surface area (Å²) in [6, 6.07) is 6.86. The van der Waals surface area contributed by atoms with Crippen molar-refractivity contribution in [3.8, 4) is 0 Å². The van der Waals surface area contributed by atoms with Crippen LogP contribution in [-0.2, 0) is 0 Å². The molecule has 2 aromatic carbocycles. The first-order valence-electron chi connectivity index (χ1n) is 5.07. The first-order chi connectivity index (χ1) is 8.50. The van der Waals surface area contributed by atoms with Gasteiger partial charge in [0.2, 0.25) is 0 Å². The molecule has 0 aliphatic rings. The summed E-state index contributed by atoms with van der Waals surface area (Å²) in [7, 11) is 0. The van der Waals surface area contributed by atoms with Crippen molar-refractivity contribution in [1.82, 2.24) is 0 Å². The lowest BCUT2D eigenvalue weighted by Crippen LogP contribution is -2.06. The molecule has 0 heterocycles. The molecular weight excluding hydrogens is 265 g/mol. The average molecular weight is 273 g/mol. The second-order valence-corrected chi connectivity index (χ2v) is 4.15. The van der Waals surface area contributed by atoms with Crippen molar-refractivity contribution in [3.05, 3.63) is 70.0 Å². The quantitative estimate of drug-likeness (QED) is 0.881. The third kappa shape index (κ3) is 2.35. The molecule has 0 spiro atoms. The highest BCUT2D eigenvalue weighted by molar-refractivity contribution is 6.30. The Morgan fingerprint density at radius 1 is 0.944 bits per heavy atom. The van der Waals surface area contributed by atoms with Crippen molar-refractivity contribution >= 4 is 11.6 Å². The Hall–Kier alpha value is -1.52. The normalized spacial score (nSPS) is 12.5. The molecule has 94 valence electrons. The Balaban J connectivity index is 2.51. The maximum Gasteiger partial charge on any atom is 0.164 e. The monoisotopic (exact) mass is 272 g/mol. The van der Waals surface area contributed by atoms with Gasteiger partial charge in [-0.05, 0) is 24.3 Å². The van der Waals surface area contributed by atoms with E-state index in [1.165, 1.54) is 24.3 Å². The zero-order valence-electron chi connectivity index (χ0n) is 9.00. The minimum Gasteiger partial charge on any atom is -0.383 e. The highest BCUT2D eigenvalue weighted by atomic mass is 35.5. The molecule has 0 bridgehead atoms. The van der Waals surface area contributed by atoms with Crippen molar-refractivity contribution in [3.63, 3.8) is 0 Å². The van der Waals surface area contributed by atoms with E-state index in [-0.39, 0.29) is 16.1 Å². The van der Waals surface area contributed by atoms with Gasteiger partial charge in [-0.15, -0.1) is 0 Å². The van der Waals surface area contributed by atoms with Crippen LogP contribution in [-0.4, -0.2) is 5.11 Å². The van der Waals surface area contributed by atoms with E-state index in [4.69, 9.17) is 11.6 Å². The zero-order valence-corrected chi connectivity index (χ0v) is 9.76. The van der Waals surface area contributed by atoms with Crippen molar-refractivity contribution in [2.45, 2.75) is 6.10 Å². The van der Waals surface area contributed by atoms with Crippen molar-refractivity contribution < 1.29 is 18.3 Å². The number of aliphatic hydroxyl groups is 1. The molecule has 0 saturated carbocycles. The van der Waals surface area contributed by atoms with E-state index in [2.05, 4.69) is 0 Å². The minimum atomic E-state index is -1.61. The fourth-order valence-electron chi connectivity index (χ4n) is 1.62. The average Bonchev–Trinajstić information content (AvgIpc) is 2.35. The summed E-state index contributed by atoms with van der Waals surface area (Å²) in [5.41, 5.74) is -0.539. The maximum atomic E-state index is 13.5. The van der Waals surface area contributed by atoms with Crippen LogP contribution in [0.3, 0.4) is 0 Å². The number of hydrogen-bond acceptors (Lipinski definition) is 1. The summed E-state index contributed by atoms with van der Waals surface area (Å²) >= 11 is 5.67. The van der Waals surface area contributed by atoms with E-state index in [0.717, 1.165) is 12.1 Å². The number of aliphatic hydroxyl groups excluding tert-OH is 1. The Labute approximate surface area is 106 Å². The largest absolute Gasteiger partial charge is 0.383 e. The Morgan fingerprint density at radius 2 is 1.67 bits per heavy atom. The van der Waals surface area contributed by atoms with Gasteiger partial charge < -0.3 is 5.11 Å². The highest BCUT2D eigenvalue weighted by Gasteiger charge is 2.20. The van der Waals surface area contributed by atoms with Crippen LogP contribution in [0.15, 0.2) is 36.4 Å². The number of rotatable bonds is 2. The van der Waals surface area contributed by atoms with Crippen LogP contribution in [0, 0.1) is 17.5 Å². The molecule has 0 radical (unpaired) electrons. The standard InChI is InChI=1S/C13H8ClF3O/c14-7-4-5-10(15)9(6-7)13(18)8-2-1-3-11(16)12(8)17/h1-6,13,18H. The van der Waals surface area contributed by atoms with Crippen LogP contribution in [0.5, 0.6) is 0 Å². The van der Waals surface area contributed by atoms with Gasteiger partial charge >= 0.3 is 0 Å². The van der Waals surface area contributed by atoms with Crippen LogP contribution in [0.25, 0.3) is 0 Å². The lowest BCUT2D eigenvalue weighted by molar-refractivity contribution is 0.208. The first kappa shape index (κ1) is 12.9. The first-order valence-corrected chi connectivity index (χ1v) is 5.45. The van der Waals surface area contributed by atoms with E-state index in [1.54, 1.807) is 0 Å². The molecule has 1 nitrogen and oxygen atoms in total. The topological polar surface area (TPSA) is 20.2 Å². The van der Waals surface area contributed by atoms with E-state index < -0.39 is 23.6 Å². The van der Waals surface area contributed by atoms with Gasteiger partial charge in [0.15, 0.2) is 11.6 Å². The molecule has 0 aliphatic carbocycles. The van der Waals surface area contributed by atoms with Gasteiger partial charge in [-0.1, -0.05) is 23.7 Å². The second kappa shape index (κ2) is 5.00. The SMILES string of the molecule is OC(c1cc(Cl)ccc1F)c1cccc(F)c1F. The van der Waals surface area contributed by atoms with E-state index >= 15 is 0 Å². The van der Waals surface area contributed by atoms with Crippen LogP contribution >= 0.6 is 11.6 Å². The van der Waals surface area contributed by atoms with Gasteiger partial charge in [0.1, 0.15) is 11.9 Å². The van der Waals surface area contributed by atoms with Gasteiger partial charge in [-0.2, -0.15) is 0 Å². The Morgan fingerprint density at radius 3 is 2.39 bits per heavy atom. The molecule has 1 N–H and O–H groups in total. The van der Waals surface area contributed by atoms with Gasteiger partial charge in [0, 0.05) is 16.1 Å². The summed E-state index contributed by atoms with van der Waals surface area (Å²) in [6.07, 6.45) is -1.61. The summed E-state index contributed by atoms with van der Waals surface area (Å²) in [6.45, 7) is 0. The third-order valence-corrected chi connectivity index (χ3v) is 2.76. The molecule has 2 aromatic rings. The zero-order chi connectivity index (χ0) is 13.3. The fourth-order valence-corrected chi connectivity index (χ4v) is 1.80. The van der Waals surface area contributed by atoms with E-state index in [0.29, 0.717) is 0 Å². The molecule has 0 aliphatic heterocycles. The van der Waals surface area contributed by atoms with Crippen LogP contribution in [0.4, 0.5) is 13.2 Å². The molecule has 0 aromatic heterocycles. The van der Waals surface area contributed by atoms with Crippen LogP contribution < -0.4 is 0 Å². The smallest absolute Gasteiger partial charge is 0.164 e. The summed E-state index contributed by atoms with van der Waals surface area (Å²) in [4.78, 5) is 0. The molecular formula is C13H8ClF3O. The highest BCUT2D eigenvalue weighted by Crippen LogP contribution is 2.29. The van der Waals surface area contributed by atoms with Gasteiger partial charge in [-0.3, -0.25) is 0 Å². The second-order valence-electron chi connectivity index (χ2n) is 3.71. The number of hydrogen-bond donors (Lipinski definition) is 1. The predicted molar refractivity (Wildman–Crippen MR) is 61.8 cm³/mol. The summed E-state index contributed by atoms with van der Waals surface area (Å²) in [5, 5.41) is 10.1. The van der Waals surface area contributed by atoms with E-state index in [9.17, 15) is 18.3 Å². The molecule has 1 atom stereocenters. The van der Waals surface area contributed by atoms with Gasteiger partial charge in [0.25, 0.3) is 0 Å². The molecule has 0 amide bonds. The van der Waals surface area contributed by atoms with Crippen molar-refractivity contribution in [2.24, 2.45) is 0 Å². The number of halogens is 4. The lowest BCUT2D eigenvalue weighted by Gasteiger charge is -2.13. The van der Waals surface area contributed by atoms with Gasteiger partial charge in [0.05, 0.1) is 0 Å². The molecule has 1 unspecified atom stereocenters. The van der Waals surface area contributed by atoms with Gasteiger partial charge in [-0.25, -0.2) is 13.2 Å². The van der Waals surface area contributed by atoms with Crippen molar-refractivity contribution in [1.29, 1.82) is 0 Å². The number of benzene rings is 2. The van der Waals surface area contributed by atoms with Crippen LogP contribution in [0.2, 0.25) is 5.02 Å². The van der Waals surface area contributed by atoms with E-state index in [1.807, 2.05) is 0 Å². The maximum absolute atomic E-state index is 13.5. The molecule has 18 heavy (non-hydrogen) atoms. The van der Waals surface area contributed by atoms with Crippen LogP contribution in [0.1, 0.15) is 17.2 Å².